The van der Waals surface area contributed by atoms with Crippen molar-refractivity contribution in [2.45, 2.75) is 82.4 Å². The summed E-state index contributed by atoms with van der Waals surface area (Å²) in [5, 5.41) is 4.90. The van der Waals surface area contributed by atoms with E-state index >= 15 is 4.39 Å². The summed E-state index contributed by atoms with van der Waals surface area (Å²) in [6.07, 6.45) is 5.73. The van der Waals surface area contributed by atoms with Crippen LogP contribution < -0.4 is 14.8 Å². The first-order valence-corrected chi connectivity index (χ1v) is 16.6. The van der Waals surface area contributed by atoms with Crippen LogP contribution in [0, 0.1) is 5.82 Å². The minimum absolute atomic E-state index is 0.0478. The standard InChI is InChI=1S/C34H40ClFN6O3S/c1-7-20-16-21(25-18-27(36)30(40-31(25)44-6)41-46-28-11-9-8-10-26(28)35)17-22-19-37-32(39-29(20)22)38-23-12-14-24(15-13-23)42(5)33(43)45-34(2,3)4/h8-11,16-19,23-24H,7,12-15H2,1-6H3,(H,40,41)(H,37,38,39). The Labute approximate surface area is 278 Å². The molecule has 4 aromatic rings. The maximum absolute atomic E-state index is 15.3. The average Bonchev–Trinajstić information content (AvgIpc) is 3.03. The van der Waals surface area contributed by atoms with Gasteiger partial charge in [0.2, 0.25) is 11.8 Å². The number of rotatable bonds is 9. The lowest BCUT2D eigenvalue weighted by molar-refractivity contribution is 0.0185. The van der Waals surface area contributed by atoms with E-state index in [0.29, 0.717) is 16.5 Å². The number of nitrogens with zero attached hydrogens (tertiary/aromatic N) is 4. The average molecular weight is 667 g/mol. The van der Waals surface area contributed by atoms with Crippen molar-refractivity contribution in [3.63, 3.8) is 0 Å². The molecule has 0 unspecified atom stereocenters. The van der Waals surface area contributed by atoms with Gasteiger partial charge in [-0.15, -0.1) is 0 Å². The number of halogens is 2. The van der Waals surface area contributed by atoms with E-state index < -0.39 is 11.4 Å². The number of amides is 1. The predicted octanol–water partition coefficient (Wildman–Crippen LogP) is 8.76. The number of hydrogen-bond donors (Lipinski definition) is 2. The van der Waals surface area contributed by atoms with Crippen LogP contribution in [0.2, 0.25) is 5.02 Å². The van der Waals surface area contributed by atoms with Gasteiger partial charge in [0.15, 0.2) is 11.6 Å². The summed E-state index contributed by atoms with van der Waals surface area (Å²) < 4.78 is 29.4. The van der Waals surface area contributed by atoms with Gasteiger partial charge in [-0.25, -0.2) is 19.2 Å². The number of carbonyl (C=O) groups is 1. The van der Waals surface area contributed by atoms with Crippen molar-refractivity contribution < 1.29 is 18.7 Å². The molecule has 0 saturated heterocycles. The molecule has 2 N–H and O–H groups in total. The minimum Gasteiger partial charge on any atom is -0.480 e. The number of pyridine rings is 1. The van der Waals surface area contributed by atoms with E-state index in [1.807, 2.05) is 58.2 Å². The van der Waals surface area contributed by atoms with E-state index in [2.05, 4.69) is 26.9 Å². The molecule has 0 aliphatic heterocycles. The molecule has 244 valence electrons. The molecule has 0 radical (unpaired) electrons. The van der Waals surface area contributed by atoms with E-state index in [9.17, 15) is 4.79 Å². The molecule has 2 aromatic heterocycles. The Balaban J connectivity index is 1.30. The number of anilines is 2. The van der Waals surface area contributed by atoms with Gasteiger partial charge in [-0.05, 0) is 106 Å². The maximum Gasteiger partial charge on any atom is 0.410 e. The second-order valence-electron chi connectivity index (χ2n) is 12.4. The molecule has 0 spiro atoms. The number of benzene rings is 2. The highest BCUT2D eigenvalue weighted by Crippen LogP contribution is 2.36. The predicted molar refractivity (Wildman–Crippen MR) is 183 cm³/mol. The Morgan fingerprint density at radius 2 is 1.87 bits per heavy atom. The number of aryl methyl sites for hydroxylation is 1. The number of aromatic nitrogens is 3. The summed E-state index contributed by atoms with van der Waals surface area (Å²) in [6.45, 7) is 7.69. The van der Waals surface area contributed by atoms with E-state index in [1.54, 1.807) is 17.2 Å². The molecule has 2 aromatic carbocycles. The lowest BCUT2D eigenvalue weighted by Gasteiger charge is -2.35. The summed E-state index contributed by atoms with van der Waals surface area (Å²) in [6, 6.07) is 13.0. The van der Waals surface area contributed by atoms with Gasteiger partial charge in [0.1, 0.15) is 5.60 Å². The molecule has 1 aliphatic rings. The van der Waals surface area contributed by atoms with Crippen molar-refractivity contribution in [2.75, 3.05) is 24.2 Å². The summed E-state index contributed by atoms with van der Waals surface area (Å²) in [7, 11) is 3.33. The third kappa shape index (κ3) is 7.93. The van der Waals surface area contributed by atoms with Crippen LogP contribution in [0.15, 0.2) is 53.6 Å². The third-order valence-corrected chi connectivity index (χ3v) is 9.25. The normalized spacial score (nSPS) is 16.6. The minimum atomic E-state index is -0.519. The van der Waals surface area contributed by atoms with Crippen molar-refractivity contribution >= 4 is 52.3 Å². The number of nitrogens with one attached hydrogen (secondary N) is 2. The topological polar surface area (TPSA) is 102 Å². The largest absolute Gasteiger partial charge is 0.480 e. The monoisotopic (exact) mass is 666 g/mol. The molecule has 2 heterocycles. The highest BCUT2D eigenvalue weighted by molar-refractivity contribution is 8.00. The molecule has 5 rings (SSSR count). The molecule has 46 heavy (non-hydrogen) atoms. The Kier molecular flexibility index (Phi) is 10.4. The number of hydrogen-bond acceptors (Lipinski definition) is 9. The zero-order valence-corrected chi connectivity index (χ0v) is 28.6. The molecule has 9 nitrogen and oxygen atoms in total. The first-order chi connectivity index (χ1) is 22.0. The second kappa shape index (κ2) is 14.3. The van der Waals surface area contributed by atoms with Crippen molar-refractivity contribution in [3.05, 3.63) is 65.1 Å². The van der Waals surface area contributed by atoms with Crippen LogP contribution in [0.25, 0.3) is 22.0 Å². The Morgan fingerprint density at radius 3 is 2.54 bits per heavy atom. The van der Waals surface area contributed by atoms with Crippen LogP contribution in [-0.2, 0) is 11.2 Å². The zero-order chi connectivity index (χ0) is 33.0. The summed E-state index contributed by atoms with van der Waals surface area (Å²) in [5.41, 5.74) is 2.60. The summed E-state index contributed by atoms with van der Waals surface area (Å²) in [5.74, 6) is 0.385. The van der Waals surface area contributed by atoms with Gasteiger partial charge in [0, 0.05) is 41.2 Å². The molecule has 0 atom stereocenters. The highest BCUT2D eigenvalue weighted by atomic mass is 35.5. The fourth-order valence-electron chi connectivity index (χ4n) is 5.52. The van der Waals surface area contributed by atoms with Gasteiger partial charge >= 0.3 is 6.09 Å². The van der Waals surface area contributed by atoms with Crippen molar-refractivity contribution in [2.24, 2.45) is 0 Å². The van der Waals surface area contributed by atoms with Crippen molar-refractivity contribution in [3.8, 4) is 17.0 Å². The van der Waals surface area contributed by atoms with E-state index in [0.717, 1.165) is 59.0 Å². The molecule has 1 fully saturated rings. The lowest BCUT2D eigenvalue weighted by Crippen LogP contribution is -2.43. The van der Waals surface area contributed by atoms with Gasteiger partial charge in [-0.1, -0.05) is 30.7 Å². The molecule has 1 aliphatic carbocycles. The fraction of sp³-hybridized carbons (Fsp3) is 0.412. The SMILES string of the molecule is CCc1cc(-c2cc(F)c(NSc3ccccc3Cl)nc2OC)cc2cnc(NC3CCC(N(C)C(=O)OC(C)(C)C)CC3)nc12. The van der Waals surface area contributed by atoms with Crippen LogP contribution in [0.5, 0.6) is 5.88 Å². The Morgan fingerprint density at radius 1 is 1.13 bits per heavy atom. The maximum atomic E-state index is 15.3. The zero-order valence-electron chi connectivity index (χ0n) is 27.0. The van der Waals surface area contributed by atoms with Gasteiger partial charge < -0.3 is 24.4 Å². The van der Waals surface area contributed by atoms with Gasteiger partial charge in [0.25, 0.3) is 0 Å². The molecular weight excluding hydrogens is 627 g/mol. The van der Waals surface area contributed by atoms with Crippen LogP contribution >= 0.6 is 23.5 Å². The summed E-state index contributed by atoms with van der Waals surface area (Å²) >= 11 is 7.42. The van der Waals surface area contributed by atoms with E-state index in [-0.39, 0.29) is 29.9 Å². The first kappa shape index (κ1) is 33.5. The van der Waals surface area contributed by atoms with Gasteiger partial charge in [0.05, 0.1) is 17.6 Å². The van der Waals surface area contributed by atoms with Crippen molar-refractivity contribution in [1.29, 1.82) is 0 Å². The quantitative estimate of drug-likeness (QED) is 0.170. The number of carbonyl (C=O) groups excluding carboxylic acids is 1. The van der Waals surface area contributed by atoms with Crippen LogP contribution in [-0.4, -0.2) is 57.8 Å². The molecule has 12 heteroatoms. The second-order valence-corrected chi connectivity index (χ2v) is 13.6. The highest BCUT2D eigenvalue weighted by Gasteiger charge is 2.29. The van der Waals surface area contributed by atoms with Crippen LogP contribution in [0.1, 0.15) is 58.9 Å². The smallest absolute Gasteiger partial charge is 0.410 e. The van der Waals surface area contributed by atoms with Gasteiger partial charge in [-0.3, -0.25) is 0 Å². The van der Waals surface area contributed by atoms with Crippen molar-refractivity contribution in [1.82, 2.24) is 19.9 Å². The third-order valence-electron chi connectivity index (χ3n) is 7.94. The summed E-state index contributed by atoms with van der Waals surface area (Å²) in [4.78, 5) is 28.9. The number of methoxy groups -OCH3 is 1. The molecular formula is C34H40ClFN6O3S. The fourth-order valence-corrected chi connectivity index (χ4v) is 6.44. The number of fused-ring (bicyclic) bond motifs is 1. The Bertz CT molecular complexity index is 1710. The molecule has 1 saturated carbocycles. The molecule has 0 bridgehead atoms. The van der Waals surface area contributed by atoms with Gasteiger partial charge in [-0.2, -0.15) is 4.98 Å². The number of ether oxygens (including phenoxy) is 2. The lowest BCUT2D eigenvalue weighted by atomic mass is 9.90. The Hall–Kier alpha value is -3.83. The van der Waals surface area contributed by atoms with E-state index in [4.69, 9.17) is 26.1 Å². The van der Waals surface area contributed by atoms with Crippen LogP contribution in [0.4, 0.5) is 21.0 Å². The van der Waals surface area contributed by atoms with Crippen LogP contribution in [0.3, 0.4) is 0 Å². The van der Waals surface area contributed by atoms with E-state index in [1.165, 1.54) is 25.1 Å². The molecule has 1 amide bonds. The first-order valence-electron chi connectivity index (χ1n) is 15.4.